The number of nitrogens with zero attached hydrogens (tertiary/aromatic N) is 2. The molecular weight excluding hydrogens is 298 g/mol. The maximum absolute atomic E-state index is 12.3. The molecule has 1 heterocycles. The van der Waals surface area contributed by atoms with E-state index in [-0.39, 0.29) is 22.8 Å². The first-order valence-electron chi connectivity index (χ1n) is 7.23. The number of thioether (sulfide) groups is 1. The number of carbonyl (C=O) groups is 1. The van der Waals surface area contributed by atoms with Crippen molar-refractivity contribution in [2.75, 3.05) is 5.75 Å². The molecule has 0 spiro atoms. The Balaban J connectivity index is 2.17. The van der Waals surface area contributed by atoms with Gasteiger partial charge in [0.2, 0.25) is 5.91 Å². The molecule has 0 saturated heterocycles. The van der Waals surface area contributed by atoms with Gasteiger partial charge in [0.15, 0.2) is 5.16 Å². The summed E-state index contributed by atoms with van der Waals surface area (Å²) in [5, 5.41) is 4.11. The minimum Gasteiger partial charge on any atom is -0.351 e. The van der Waals surface area contributed by atoms with Crippen LogP contribution in [0.4, 0.5) is 0 Å². The van der Waals surface area contributed by atoms with Crippen LogP contribution in [0.25, 0.3) is 10.9 Å². The average Bonchev–Trinajstić information content (AvgIpc) is 2.49. The van der Waals surface area contributed by atoms with Crippen molar-refractivity contribution in [2.45, 2.75) is 37.9 Å². The van der Waals surface area contributed by atoms with Gasteiger partial charge in [-0.2, -0.15) is 0 Å². The summed E-state index contributed by atoms with van der Waals surface area (Å²) in [6.07, 6.45) is 0.857. The molecule has 5 nitrogen and oxygen atoms in total. The molecule has 0 aliphatic rings. The zero-order chi connectivity index (χ0) is 16.3. The average molecular weight is 319 g/mol. The quantitative estimate of drug-likeness (QED) is 0.678. The van der Waals surface area contributed by atoms with E-state index in [1.807, 2.05) is 32.9 Å². The number of fused-ring (bicyclic) bond motifs is 1. The number of aromatic nitrogens is 2. The van der Waals surface area contributed by atoms with Crippen molar-refractivity contribution in [1.82, 2.24) is 14.9 Å². The highest BCUT2D eigenvalue weighted by Gasteiger charge is 2.18. The summed E-state index contributed by atoms with van der Waals surface area (Å²) in [4.78, 5) is 28.8. The van der Waals surface area contributed by atoms with Crippen LogP contribution in [0, 0.1) is 0 Å². The number of benzene rings is 1. The Morgan fingerprint density at radius 2 is 2.05 bits per heavy atom. The Kier molecular flexibility index (Phi) is 4.90. The van der Waals surface area contributed by atoms with Gasteiger partial charge in [-0.1, -0.05) is 30.8 Å². The molecule has 0 bridgehead atoms. The summed E-state index contributed by atoms with van der Waals surface area (Å²) in [5.41, 5.74) is 0.338. The molecule has 1 aromatic carbocycles. The summed E-state index contributed by atoms with van der Waals surface area (Å²) in [6, 6.07) is 7.23. The standard InChI is InChI=1S/C16H21N3O2S/c1-5-16(2,3)18-13(20)10-22-15-17-12-9-7-6-8-11(12)14(21)19(15)4/h6-9H,5,10H2,1-4H3,(H,18,20). The highest BCUT2D eigenvalue weighted by atomic mass is 32.2. The second kappa shape index (κ2) is 6.52. The first kappa shape index (κ1) is 16.5. The molecule has 1 amide bonds. The Morgan fingerprint density at radius 3 is 2.73 bits per heavy atom. The molecule has 2 rings (SSSR count). The van der Waals surface area contributed by atoms with Gasteiger partial charge in [0, 0.05) is 12.6 Å². The lowest BCUT2D eigenvalue weighted by Crippen LogP contribution is -2.43. The SMILES string of the molecule is CCC(C)(C)NC(=O)CSc1nc2ccccc2c(=O)n1C. The molecule has 0 fully saturated rings. The molecular formula is C16H21N3O2S. The van der Waals surface area contributed by atoms with E-state index in [2.05, 4.69) is 10.3 Å². The van der Waals surface area contributed by atoms with Crippen LogP contribution in [0.15, 0.2) is 34.2 Å². The van der Waals surface area contributed by atoms with Gasteiger partial charge >= 0.3 is 0 Å². The van der Waals surface area contributed by atoms with Crippen LogP contribution in [0.5, 0.6) is 0 Å². The smallest absolute Gasteiger partial charge is 0.261 e. The highest BCUT2D eigenvalue weighted by molar-refractivity contribution is 7.99. The molecule has 0 aliphatic carbocycles. The van der Waals surface area contributed by atoms with Gasteiger partial charge < -0.3 is 5.32 Å². The van der Waals surface area contributed by atoms with Crippen molar-refractivity contribution in [3.05, 3.63) is 34.6 Å². The van der Waals surface area contributed by atoms with Gasteiger partial charge in [-0.3, -0.25) is 14.2 Å². The van der Waals surface area contributed by atoms with Crippen molar-refractivity contribution in [3.8, 4) is 0 Å². The lowest BCUT2D eigenvalue weighted by molar-refractivity contribution is -0.120. The third kappa shape index (κ3) is 3.68. The Bertz CT molecular complexity index is 753. The van der Waals surface area contributed by atoms with E-state index in [0.717, 1.165) is 6.42 Å². The monoisotopic (exact) mass is 319 g/mol. The number of amides is 1. The van der Waals surface area contributed by atoms with E-state index in [0.29, 0.717) is 16.1 Å². The molecule has 0 saturated carbocycles. The fraction of sp³-hybridized carbons (Fsp3) is 0.438. The molecule has 0 unspecified atom stereocenters. The lowest BCUT2D eigenvalue weighted by Gasteiger charge is -2.24. The molecule has 0 radical (unpaired) electrons. The Hall–Kier alpha value is -1.82. The van der Waals surface area contributed by atoms with Gasteiger partial charge in [-0.05, 0) is 32.4 Å². The summed E-state index contributed by atoms with van der Waals surface area (Å²) < 4.78 is 1.49. The predicted octanol–water partition coefficient (Wildman–Crippen LogP) is 2.33. The van der Waals surface area contributed by atoms with Gasteiger partial charge in [0.25, 0.3) is 5.56 Å². The van der Waals surface area contributed by atoms with Crippen molar-refractivity contribution in [1.29, 1.82) is 0 Å². The van der Waals surface area contributed by atoms with Gasteiger partial charge in [0.05, 0.1) is 16.7 Å². The van der Waals surface area contributed by atoms with E-state index in [4.69, 9.17) is 0 Å². The van der Waals surface area contributed by atoms with Crippen LogP contribution in [0.3, 0.4) is 0 Å². The second-order valence-electron chi connectivity index (χ2n) is 5.85. The van der Waals surface area contributed by atoms with Gasteiger partial charge in [-0.25, -0.2) is 4.98 Å². The summed E-state index contributed by atoms with van der Waals surface area (Å²) in [5.74, 6) is 0.182. The zero-order valence-corrected chi connectivity index (χ0v) is 14.2. The fourth-order valence-electron chi connectivity index (χ4n) is 1.96. The maximum atomic E-state index is 12.3. The zero-order valence-electron chi connectivity index (χ0n) is 13.3. The van der Waals surface area contributed by atoms with Crippen LogP contribution in [-0.2, 0) is 11.8 Å². The summed E-state index contributed by atoms with van der Waals surface area (Å²) in [6.45, 7) is 6.00. The minimum absolute atomic E-state index is 0.0562. The van der Waals surface area contributed by atoms with Crippen LogP contribution in [0.2, 0.25) is 0 Å². The second-order valence-corrected chi connectivity index (χ2v) is 6.79. The van der Waals surface area contributed by atoms with Crippen molar-refractivity contribution >= 4 is 28.6 Å². The van der Waals surface area contributed by atoms with Crippen molar-refractivity contribution in [3.63, 3.8) is 0 Å². The van der Waals surface area contributed by atoms with E-state index >= 15 is 0 Å². The van der Waals surface area contributed by atoms with Crippen LogP contribution < -0.4 is 10.9 Å². The normalized spacial score (nSPS) is 11.6. The third-order valence-electron chi connectivity index (χ3n) is 3.64. The topological polar surface area (TPSA) is 64.0 Å². The Labute approximate surface area is 134 Å². The van der Waals surface area contributed by atoms with Crippen LogP contribution in [0.1, 0.15) is 27.2 Å². The molecule has 22 heavy (non-hydrogen) atoms. The maximum Gasteiger partial charge on any atom is 0.261 e. The molecule has 1 N–H and O–H groups in total. The van der Waals surface area contributed by atoms with Crippen molar-refractivity contribution in [2.24, 2.45) is 7.05 Å². The fourth-order valence-corrected chi connectivity index (χ4v) is 2.73. The highest BCUT2D eigenvalue weighted by Crippen LogP contribution is 2.17. The van der Waals surface area contributed by atoms with Crippen LogP contribution >= 0.6 is 11.8 Å². The number of nitrogens with one attached hydrogen (secondary N) is 1. The number of hydrogen-bond acceptors (Lipinski definition) is 4. The molecule has 6 heteroatoms. The molecule has 0 atom stereocenters. The van der Waals surface area contributed by atoms with E-state index in [1.54, 1.807) is 19.2 Å². The molecule has 0 aliphatic heterocycles. The number of rotatable bonds is 5. The van der Waals surface area contributed by atoms with Crippen LogP contribution in [-0.4, -0.2) is 26.8 Å². The first-order chi connectivity index (χ1) is 10.3. The van der Waals surface area contributed by atoms with E-state index < -0.39 is 0 Å². The lowest BCUT2D eigenvalue weighted by atomic mass is 10.0. The Morgan fingerprint density at radius 1 is 1.36 bits per heavy atom. The first-order valence-corrected chi connectivity index (χ1v) is 8.22. The number of hydrogen-bond donors (Lipinski definition) is 1. The predicted molar refractivity (Wildman–Crippen MR) is 90.2 cm³/mol. The molecule has 1 aromatic heterocycles. The molecule has 2 aromatic rings. The minimum atomic E-state index is -0.222. The van der Waals surface area contributed by atoms with E-state index in [9.17, 15) is 9.59 Å². The summed E-state index contributed by atoms with van der Waals surface area (Å²) >= 11 is 1.28. The largest absolute Gasteiger partial charge is 0.351 e. The number of para-hydroxylation sites is 1. The summed E-state index contributed by atoms with van der Waals surface area (Å²) in [7, 11) is 1.68. The van der Waals surface area contributed by atoms with E-state index in [1.165, 1.54) is 16.3 Å². The molecule has 118 valence electrons. The van der Waals surface area contributed by atoms with Crippen molar-refractivity contribution < 1.29 is 4.79 Å². The third-order valence-corrected chi connectivity index (χ3v) is 4.67. The van der Waals surface area contributed by atoms with Gasteiger partial charge in [0.1, 0.15) is 0 Å². The van der Waals surface area contributed by atoms with Gasteiger partial charge in [-0.15, -0.1) is 0 Å². The number of carbonyl (C=O) groups excluding carboxylic acids is 1.